The zero-order valence-corrected chi connectivity index (χ0v) is 7.22. The third-order valence-electron chi connectivity index (χ3n) is 1.87. The number of hydrogen-bond acceptors (Lipinski definition) is 1. The van der Waals surface area contributed by atoms with Gasteiger partial charge < -0.3 is 0 Å². The molecule has 0 spiro atoms. The molecule has 1 heterocycles. The Balaban J connectivity index is 2.69. The Labute approximate surface area is 74.9 Å². The maximum absolute atomic E-state index is 11.2. The fourth-order valence-electron chi connectivity index (χ4n) is 1.28. The summed E-state index contributed by atoms with van der Waals surface area (Å²) in [5.74, 6) is -0.167. The summed E-state index contributed by atoms with van der Waals surface area (Å²) in [5, 5.41) is 0.637. The largest absolute Gasteiger partial charge is 0.277 e. The molecular weight excluding hydrogens is 174 g/mol. The van der Waals surface area contributed by atoms with Crippen LogP contribution in [-0.2, 0) is 0 Å². The normalized spacial score (nSPS) is 14.5. The lowest BCUT2D eigenvalue weighted by molar-refractivity contribution is 0.101. The minimum atomic E-state index is -0.167. The number of halogens is 1. The number of hydrogen-bond donors (Lipinski definition) is 0. The molecule has 60 valence electrons. The summed E-state index contributed by atoms with van der Waals surface area (Å²) < 4.78 is 0. The van der Waals surface area contributed by atoms with Crippen molar-refractivity contribution in [2.75, 3.05) is 0 Å². The van der Waals surface area contributed by atoms with Crippen LogP contribution in [0.5, 0.6) is 0 Å². The molecule has 0 radical (unpaired) electrons. The lowest BCUT2D eigenvalue weighted by atomic mass is 10.1. The molecule has 12 heavy (non-hydrogen) atoms. The highest BCUT2D eigenvalue weighted by atomic mass is 35.5. The molecule has 0 N–H and O–H groups in total. The average Bonchev–Trinajstić information content (AvgIpc) is 2.28. The number of benzene rings is 1. The van der Waals surface area contributed by atoms with Crippen LogP contribution < -0.4 is 0 Å². The Bertz CT molecular complexity index is 396. The summed E-state index contributed by atoms with van der Waals surface area (Å²) in [4.78, 5) is 15.0. The van der Waals surface area contributed by atoms with Crippen LogP contribution >= 0.6 is 11.6 Å². The van der Waals surface area contributed by atoms with Crippen LogP contribution in [0.3, 0.4) is 0 Å². The maximum Gasteiger partial charge on any atom is 0.277 e. The highest BCUT2D eigenvalue weighted by molar-refractivity contribution is 6.32. The molecule has 0 aliphatic carbocycles. The van der Waals surface area contributed by atoms with Crippen LogP contribution in [0, 0.1) is 0 Å². The van der Waals surface area contributed by atoms with Crippen molar-refractivity contribution in [3.63, 3.8) is 0 Å². The number of aliphatic imine (C=N–C) groups is 1. The molecule has 3 heteroatoms. The summed E-state index contributed by atoms with van der Waals surface area (Å²) in [6.07, 6.45) is 0. The summed E-state index contributed by atoms with van der Waals surface area (Å²) >= 11 is 5.77. The number of carbonyl (C=O) groups excluding carboxylic acids is 1. The fraction of sp³-hybridized carbons (Fsp3) is 0.111. The van der Waals surface area contributed by atoms with Crippen molar-refractivity contribution in [2.24, 2.45) is 4.99 Å². The van der Waals surface area contributed by atoms with Crippen LogP contribution in [-0.4, -0.2) is 11.6 Å². The van der Waals surface area contributed by atoms with Crippen molar-refractivity contribution in [2.45, 2.75) is 6.92 Å². The molecule has 0 unspecified atom stereocenters. The van der Waals surface area contributed by atoms with E-state index in [4.69, 9.17) is 11.6 Å². The average molecular weight is 180 g/mol. The minimum absolute atomic E-state index is 0.167. The quantitative estimate of drug-likeness (QED) is 0.601. The van der Waals surface area contributed by atoms with Gasteiger partial charge in [0.25, 0.3) is 5.91 Å². The monoisotopic (exact) mass is 179 g/mol. The molecule has 2 rings (SSSR count). The van der Waals surface area contributed by atoms with Gasteiger partial charge in [0.1, 0.15) is 0 Å². The van der Waals surface area contributed by atoms with Crippen molar-refractivity contribution in [1.82, 2.24) is 0 Å². The fourth-order valence-corrected chi connectivity index (χ4v) is 1.45. The van der Waals surface area contributed by atoms with Gasteiger partial charge >= 0.3 is 0 Å². The zero-order chi connectivity index (χ0) is 8.72. The molecule has 1 aromatic rings. The summed E-state index contributed by atoms with van der Waals surface area (Å²) in [7, 11) is 0. The maximum atomic E-state index is 11.2. The van der Waals surface area contributed by atoms with E-state index < -0.39 is 0 Å². The minimum Gasteiger partial charge on any atom is -0.267 e. The zero-order valence-electron chi connectivity index (χ0n) is 6.47. The van der Waals surface area contributed by atoms with Crippen molar-refractivity contribution < 1.29 is 4.79 Å². The molecule has 0 saturated carbocycles. The van der Waals surface area contributed by atoms with E-state index in [9.17, 15) is 4.79 Å². The highest BCUT2D eigenvalue weighted by Gasteiger charge is 2.19. The van der Waals surface area contributed by atoms with Gasteiger partial charge in [0.15, 0.2) is 0 Å². The van der Waals surface area contributed by atoms with E-state index in [1.807, 2.05) is 0 Å². The van der Waals surface area contributed by atoms with Crippen LogP contribution in [0.25, 0.3) is 0 Å². The van der Waals surface area contributed by atoms with Gasteiger partial charge in [-0.3, -0.25) is 4.79 Å². The first-order valence-electron chi connectivity index (χ1n) is 3.58. The van der Waals surface area contributed by atoms with E-state index in [-0.39, 0.29) is 5.91 Å². The van der Waals surface area contributed by atoms with Gasteiger partial charge in [0.05, 0.1) is 5.56 Å². The van der Waals surface area contributed by atoms with Crippen LogP contribution in [0.1, 0.15) is 22.8 Å². The van der Waals surface area contributed by atoms with Gasteiger partial charge in [-0.2, -0.15) is 0 Å². The number of carbonyl (C=O) groups is 1. The van der Waals surface area contributed by atoms with Crippen molar-refractivity contribution in [3.05, 3.63) is 34.3 Å². The molecule has 2 nitrogen and oxygen atoms in total. The Morgan fingerprint density at radius 2 is 2.08 bits per heavy atom. The summed E-state index contributed by atoms with van der Waals surface area (Å²) in [5.41, 5.74) is 2.25. The Kier molecular flexibility index (Phi) is 1.51. The first-order chi connectivity index (χ1) is 5.68. The van der Waals surface area contributed by atoms with Gasteiger partial charge in [0, 0.05) is 16.3 Å². The third kappa shape index (κ3) is 0.959. The molecule has 1 aliphatic rings. The predicted molar refractivity (Wildman–Crippen MR) is 48.0 cm³/mol. The molecule has 0 aromatic heterocycles. The number of nitrogens with zero attached hydrogens (tertiary/aromatic N) is 1. The third-order valence-corrected chi connectivity index (χ3v) is 2.11. The first-order valence-corrected chi connectivity index (χ1v) is 3.96. The van der Waals surface area contributed by atoms with E-state index in [1.165, 1.54) is 0 Å². The molecule has 1 amide bonds. The predicted octanol–water partition coefficient (Wildman–Crippen LogP) is 2.30. The van der Waals surface area contributed by atoms with Gasteiger partial charge in [0.2, 0.25) is 0 Å². The van der Waals surface area contributed by atoms with Crippen LogP contribution in [0.15, 0.2) is 23.2 Å². The van der Waals surface area contributed by atoms with Crippen LogP contribution in [0.4, 0.5) is 0 Å². The van der Waals surface area contributed by atoms with Gasteiger partial charge in [-0.1, -0.05) is 11.6 Å². The number of rotatable bonds is 0. The van der Waals surface area contributed by atoms with Crippen LogP contribution in [0.2, 0.25) is 5.02 Å². The topological polar surface area (TPSA) is 29.4 Å². The van der Waals surface area contributed by atoms with Gasteiger partial charge in [-0.15, -0.1) is 0 Å². The van der Waals surface area contributed by atoms with Gasteiger partial charge in [-0.05, 0) is 25.1 Å². The van der Waals surface area contributed by atoms with Gasteiger partial charge in [-0.25, -0.2) is 4.99 Å². The van der Waals surface area contributed by atoms with Crippen molar-refractivity contribution >= 4 is 23.2 Å². The SMILES string of the molecule is CC1=NC(=O)c2ccc(Cl)cc21. The second-order valence-electron chi connectivity index (χ2n) is 2.69. The standard InChI is InChI=1S/C9H6ClNO/c1-5-8-4-6(10)2-3-7(8)9(12)11-5/h2-4H,1H3. The molecule has 0 fully saturated rings. The summed E-state index contributed by atoms with van der Waals surface area (Å²) in [6, 6.07) is 5.17. The number of fused-ring (bicyclic) bond motifs is 1. The second-order valence-corrected chi connectivity index (χ2v) is 3.13. The number of amides is 1. The van der Waals surface area contributed by atoms with E-state index in [0.717, 1.165) is 11.3 Å². The van der Waals surface area contributed by atoms with Crippen molar-refractivity contribution in [1.29, 1.82) is 0 Å². The highest BCUT2D eigenvalue weighted by Crippen LogP contribution is 2.22. The Morgan fingerprint density at radius 1 is 1.33 bits per heavy atom. The molecule has 0 saturated heterocycles. The second kappa shape index (κ2) is 2.42. The molecule has 0 bridgehead atoms. The van der Waals surface area contributed by atoms with E-state index in [0.29, 0.717) is 10.6 Å². The van der Waals surface area contributed by atoms with E-state index in [1.54, 1.807) is 25.1 Å². The molecular formula is C9H6ClNO. The molecule has 1 aromatic carbocycles. The Morgan fingerprint density at radius 3 is 2.83 bits per heavy atom. The molecule has 1 aliphatic heterocycles. The summed E-state index contributed by atoms with van der Waals surface area (Å²) in [6.45, 7) is 1.81. The van der Waals surface area contributed by atoms with E-state index in [2.05, 4.69) is 4.99 Å². The Hall–Kier alpha value is -1.15. The smallest absolute Gasteiger partial charge is 0.267 e. The first kappa shape index (κ1) is 7.50. The van der Waals surface area contributed by atoms with Crippen molar-refractivity contribution in [3.8, 4) is 0 Å². The molecule has 0 atom stereocenters. The lowest BCUT2D eigenvalue weighted by Gasteiger charge is -1.96. The van der Waals surface area contributed by atoms with E-state index >= 15 is 0 Å². The lowest BCUT2D eigenvalue weighted by Crippen LogP contribution is -1.92.